The van der Waals surface area contributed by atoms with Gasteiger partial charge in [0, 0.05) is 30.5 Å². The van der Waals surface area contributed by atoms with Crippen molar-refractivity contribution in [3.63, 3.8) is 0 Å². The Hall–Kier alpha value is -1.55. The predicted molar refractivity (Wildman–Crippen MR) is 96.7 cm³/mol. The number of hydrogen-bond acceptors (Lipinski definition) is 3. The number of hydrogen-bond donors (Lipinski definition) is 0. The molecule has 5 fully saturated rings. The van der Waals surface area contributed by atoms with Gasteiger partial charge >= 0.3 is 0 Å². The Kier molecular flexibility index (Phi) is 3.77. The third-order valence-electron chi connectivity index (χ3n) is 7.01. The lowest BCUT2D eigenvalue weighted by molar-refractivity contribution is -0.136. The Morgan fingerprint density at radius 2 is 1.88 bits per heavy atom. The quantitative estimate of drug-likeness (QED) is 0.845. The van der Waals surface area contributed by atoms with E-state index in [0.717, 1.165) is 18.7 Å². The number of nitrogens with zero attached hydrogens (tertiary/aromatic N) is 2. The van der Waals surface area contributed by atoms with Crippen LogP contribution in [0.1, 0.15) is 43.6 Å². The van der Waals surface area contributed by atoms with Gasteiger partial charge in [-0.3, -0.25) is 9.69 Å². The molecule has 4 nitrogen and oxygen atoms in total. The summed E-state index contributed by atoms with van der Waals surface area (Å²) in [6.07, 6.45) is 5.78. The molecule has 1 saturated carbocycles. The third kappa shape index (κ3) is 2.57. The molecule has 4 heterocycles. The first-order chi connectivity index (χ1) is 12.3. The Balaban J connectivity index is 1.50. The summed E-state index contributed by atoms with van der Waals surface area (Å²) in [6, 6.07) is 9.32. The van der Waals surface area contributed by atoms with E-state index < -0.39 is 0 Å². The fraction of sp³-hybridized carbons (Fsp3) is 0.667. The van der Waals surface area contributed by atoms with Crippen molar-refractivity contribution in [3.8, 4) is 5.75 Å². The predicted octanol–water partition coefficient (Wildman–Crippen LogP) is 2.88. The van der Waals surface area contributed by atoms with Gasteiger partial charge in [-0.1, -0.05) is 18.2 Å². The zero-order valence-corrected chi connectivity index (χ0v) is 15.1. The van der Waals surface area contributed by atoms with Crippen LogP contribution in [0.4, 0.5) is 0 Å². The van der Waals surface area contributed by atoms with Gasteiger partial charge < -0.3 is 9.64 Å². The Bertz CT molecular complexity index is 664. The minimum absolute atomic E-state index is 0.382. The van der Waals surface area contributed by atoms with Crippen LogP contribution in [0.25, 0.3) is 0 Å². The summed E-state index contributed by atoms with van der Waals surface area (Å²) in [5, 5.41) is 0. The van der Waals surface area contributed by atoms with Crippen molar-refractivity contribution >= 4 is 5.91 Å². The van der Waals surface area contributed by atoms with Crippen LogP contribution in [0.3, 0.4) is 0 Å². The molecule has 0 spiro atoms. The minimum Gasteiger partial charge on any atom is -0.496 e. The van der Waals surface area contributed by atoms with Crippen LogP contribution in [-0.4, -0.2) is 54.5 Å². The van der Waals surface area contributed by atoms with Crippen molar-refractivity contribution < 1.29 is 9.53 Å². The van der Waals surface area contributed by atoms with Crippen LogP contribution in [0, 0.1) is 11.8 Å². The molecule has 0 unspecified atom stereocenters. The minimum atomic E-state index is 0.382. The summed E-state index contributed by atoms with van der Waals surface area (Å²) in [7, 11) is 1.76. The topological polar surface area (TPSA) is 32.8 Å². The van der Waals surface area contributed by atoms with Gasteiger partial charge in [0.25, 0.3) is 0 Å². The van der Waals surface area contributed by atoms with Crippen molar-refractivity contribution in [3.05, 3.63) is 29.8 Å². The lowest BCUT2D eigenvalue weighted by atomic mass is 9.75. The Morgan fingerprint density at radius 3 is 2.60 bits per heavy atom. The van der Waals surface area contributed by atoms with Crippen LogP contribution in [0.5, 0.6) is 5.75 Å². The number of carbonyl (C=O) groups excluding carboxylic acids is 1. The molecular weight excluding hydrogens is 312 g/mol. The van der Waals surface area contributed by atoms with E-state index in [1.54, 1.807) is 7.11 Å². The average Bonchev–Trinajstić information content (AvgIpc) is 3.37. The van der Waals surface area contributed by atoms with Crippen LogP contribution in [0.15, 0.2) is 24.3 Å². The number of methoxy groups -OCH3 is 1. The maximum Gasteiger partial charge on any atom is 0.223 e. The number of amides is 1. The lowest BCUT2D eigenvalue weighted by Crippen LogP contribution is -2.60. The van der Waals surface area contributed by atoms with Gasteiger partial charge in [0.05, 0.1) is 13.2 Å². The zero-order valence-electron chi connectivity index (χ0n) is 15.1. The molecule has 1 amide bonds. The number of carbonyl (C=O) groups is 1. The summed E-state index contributed by atoms with van der Waals surface area (Å²) in [5.74, 6) is 3.12. The molecule has 25 heavy (non-hydrogen) atoms. The van der Waals surface area contributed by atoms with Gasteiger partial charge in [0.15, 0.2) is 0 Å². The first-order valence-corrected chi connectivity index (χ1v) is 9.92. The van der Waals surface area contributed by atoms with Gasteiger partial charge in [0.2, 0.25) is 5.91 Å². The smallest absolute Gasteiger partial charge is 0.223 e. The van der Waals surface area contributed by atoms with Crippen LogP contribution >= 0.6 is 0 Å². The molecule has 4 heteroatoms. The number of ether oxygens (including phenoxy) is 1. The van der Waals surface area contributed by atoms with E-state index in [9.17, 15) is 4.79 Å². The molecule has 4 saturated heterocycles. The second kappa shape index (κ2) is 6.01. The van der Waals surface area contributed by atoms with E-state index in [1.165, 1.54) is 44.3 Å². The normalized spacial score (nSPS) is 36.4. The number of rotatable bonds is 4. The van der Waals surface area contributed by atoms with Crippen molar-refractivity contribution in [2.45, 2.75) is 50.1 Å². The standard InChI is InChI=1S/C21H28N2O2/c1-25-18-5-3-2-4-16(18)17-13-23(19(24)12-14-6-7-14)20-15-8-10-22(11-9-15)21(17)20/h2-5,14-15,17,20-21H,6-13H2,1H3/t17-,20-,21-/m0/s1. The molecule has 1 aliphatic carbocycles. The second-order valence-electron chi connectivity index (χ2n) is 8.40. The summed E-state index contributed by atoms with van der Waals surface area (Å²) in [5.41, 5.74) is 1.29. The molecule has 4 aliphatic heterocycles. The van der Waals surface area contributed by atoms with Gasteiger partial charge in [-0.05, 0) is 56.7 Å². The van der Waals surface area contributed by atoms with E-state index in [-0.39, 0.29) is 0 Å². The largest absolute Gasteiger partial charge is 0.496 e. The van der Waals surface area contributed by atoms with Gasteiger partial charge in [0.1, 0.15) is 5.75 Å². The highest BCUT2D eigenvalue weighted by Gasteiger charge is 2.55. The number of benzene rings is 1. The molecule has 1 aromatic rings. The molecule has 3 atom stereocenters. The number of likely N-dealkylation sites (tertiary alicyclic amines) is 1. The number of fused-ring (bicyclic) bond motifs is 2. The van der Waals surface area contributed by atoms with Crippen molar-refractivity contribution in [2.75, 3.05) is 26.7 Å². The van der Waals surface area contributed by atoms with Gasteiger partial charge in [-0.15, -0.1) is 0 Å². The van der Waals surface area contributed by atoms with E-state index in [0.29, 0.717) is 35.7 Å². The summed E-state index contributed by atoms with van der Waals surface area (Å²) >= 11 is 0. The summed E-state index contributed by atoms with van der Waals surface area (Å²) in [6.45, 7) is 3.26. The highest BCUT2D eigenvalue weighted by Crippen LogP contribution is 2.48. The van der Waals surface area contributed by atoms with Crippen LogP contribution in [-0.2, 0) is 4.79 Å². The maximum absolute atomic E-state index is 13.0. The molecular formula is C21H28N2O2. The fourth-order valence-electron chi connectivity index (χ4n) is 5.64. The first-order valence-electron chi connectivity index (χ1n) is 9.92. The SMILES string of the molecule is COc1ccccc1[C@@H]1CN(C(=O)CC2CC2)[C@H]2C3CCN(CC3)[C@@H]12. The molecule has 2 bridgehead atoms. The molecule has 5 aliphatic rings. The van der Waals surface area contributed by atoms with E-state index in [4.69, 9.17) is 4.74 Å². The monoisotopic (exact) mass is 340 g/mol. The zero-order chi connectivity index (χ0) is 17.0. The summed E-state index contributed by atoms with van der Waals surface area (Å²) in [4.78, 5) is 18.0. The fourth-order valence-corrected chi connectivity index (χ4v) is 5.64. The third-order valence-corrected chi connectivity index (χ3v) is 7.01. The van der Waals surface area contributed by atoms with Crippen molar-refractivity contribution in [1.82, 2.24) is 9.80 Å². The van der Waals surface area contributed by atoms with E-state index in [2.05, 4.69) is 28.0 Å². The van der Waals surface area contributed by atoms with Gasteiger partial charge in [-0.25, -0.2) is 0 Å². The molecule has 1 aromatic carbocycles. The van der Waals surface area contributed by atoms with Gasteiger partial charge in [-0.2, -0.15) is 0 Å². The maximum atomic E-state index is 13.0. The molecule has 0 N–H and O–H groups in total. The van der Waals surface area contributed by atoms with Crippen LogP contribution in [0.2, 0.25) is 0 Å². The van der Waals surface area contributed by atoms with E-state index in [1.807, 2.05) is 6.07 Å². The number of piperidine rings is 3. The average molecular weight is 340 g/mol. The lowest BCUT2D eigenvalue weighted by Gasteiger charge is -2.51. The van der Waals surface area contributed by atoms with Crippen molar-refractivity contribution in [1.29, 1.82) is 0 Å². The molecule has 0 radical (unpaired) electrons. The molecule has 134 valence electrons. The Labute approximate surface area is 150 Å². The number of para-hydroxylation sites is 1. The first kappa shape index (κ1) is 15.7. The summed E-state index contributed by atoms with van der Waals surface area (Å²) < 4.78 is 5.67. The highest BCUT2D eigenvalue weighted by molar-refractivity contribution is 5.78. The van der Waals surface area contributed by atoms with E-state index >= 15 is 0 Å². The van der Waals surface area contributed by atoms with Crippen LogP contribution < -0.4 is 4.74 Å². The Morgan fingerprint density at radius 1 is 1.12 bits per heavy atom. The van der Waals surface area contributed by atoms with Crippen molar-refractivity contribution in [2.24, 2.45) is 11.8 Å². The molecule has 0 aromatic heterocycles. The highest BCUT2D eigenvalue weighted by atomic mass is 16.5. The second-order valence-corrected chi connectivity index (χ2v) is 8.40. The molecule has 6 rings (SSSR count).